The van der Waals surface area contributed by atoms with Crippen LogP contribution >= 0.6 is 11.3 Å². The Balaban J connectivity index is 2.07. The summed E-state index contributed by atoms with van der Waals surface area (Å²) in [4.78, 5) is 9.37. The number of nitrogen functional groups attached to an aromatic ring is 1. The van der Waals surface area contributed by atoms with Crippen LogP contribution in [0.4, 0.5) is 17.5 Å². The SMILES string of the molecule is CCc1nn(C)cc1Nc1nc(N)nc2sccc12. The van der Waals surface area contributed by atoms with E-state index in [1.54, 1.807) is 16.0 Å². The number of thiophene rings is 1. The van der Waals surface area contributed by atoms with Crippen LogP contribution in [0.25, 0.3) is 10.2 Å². The molecule has 3 aromatic rings. The van der Waals surface area contributed by atoms with Gasteiger partial charge in [-0.25, -0.2) is 4.98 Å². The molecule has 0 fully saturated rings. The molecule has 0 amide bonds. The molecular weight excluding hydrogens is 260 g/mol. The first kappa shape index (κ1) is 11.9. The molecule has 0 radical (unpaired) electrons. The minimum Gasteiger partial charge on any atom is -0.368 e. The van der Waals surface area contributed by atoms with E-state index in [0.29, 0.717) is 0 Å². The molecule has 0 aliphatic rings. The molecule has 6 nitrogen and oxygen atoms in total. The largest absolute Gasteiger partial charge is 0.368 e. The van der Waals surface area contributed by atoms with Crippen molar-refractivity contribution in [1.29, 1.82) is 0 Å². The number of nitrogens with one attached hydrogen (secondary N) is 1. The third-order valence-corrected chi connectivity index (χ3v) is 3.64. The van der Waals surface area contributed by atoms with Crippen LogP contribution in [0.15, 0.2) is 17.6 Å². The molecule has 98 valence electrons. The van der Waals surface area contributed by atoms with Gasteiger partial charge in [0.2, 0.25) is 5.95 Å². The zero-order valence-electron chi connectivity index (χ0n) is 10.7. The molecule has 0 unspecified atom stereocenters. The lowest BCUT2D eigenvalue weighted by molar-refractivity contribution is 0.746. The molecule has 0 aliphatic carbocycles. The number of rotatable bonds is 3. The Morgan fingerprint density at radius 2 is 2.26 bits per heavy atom. The highest BCUT2D eigenvalue weighted by molar-refractivity contribution is 7.16. The van der Waals surface area contributed by atoms with E-state index in [-0.39, 0.29) is 5.95 Å². The second kappa shape index (κ2) is 4.51. The van der Waals surface area contributed by atoms with Gasteiger partial charge in [-0.2, -0.15) is 10.1 Å². The predicted octanol–water partition coefficient (Wildman–Crippen LogP) is 2.31. The summed E-state index contributed by atoms with van der Waals surface area (Å²) in [5, 5.41) is 10.7. The Hall–Kier alpha value is -2.15. The highest BCUT2D eigenvalue weighted by Gasteiger charge is 2.11. The second-order valence-electron chi connectivity index (χ2n) is 4.21. The Labute approximate surface area is 114 Å². The second-order valence-corrected chi connectivity index (χ2v) is 5.11. The van der Waals surface area contributed by atoms with Crippen LogP contribution in [-0.4, -0.2) is 19.7 Å². The lowest BCUT2D eigenvalue weighted by atomic mass is 10.3. The van der Waals surface area contributed by atoms with E-state index in [0.717, 1.165) is 33.8 Å². The molecule has 7 heteroatoms. The van der Waals surface area contributed by atoms with Crippen LogP contribution < -0.4 is 11.1 Å². The van der Waals surface area contributed by atoms with Crippen molar-refractivity contribution >= 4 is 39.0 Å². The van der Waals surface area contributed by atoms with Crippen molar-refractivity contribution < 1.29 is 0 Å². The van der Waals surface area contributed by atoms with Gasteiger partial charge in [0.1, 0.15) is 10.6 Å². The molecule has 0 atom stereocenters. The quantitative estimate of drug-likeness (QED) is 0.766. The van der Waals surface area contributed by atoms with Gasteiger partial charge in [-0.3, -0.25) is 4.68 Å². The van der Waals surface area contributed by atoms with Crippen LogP contribution in [0.3, 0.4) is 0 Å². The number of aryl methyl sites for hydroxylation is 2. The first-order valence-corrected chi connectivity index (χ1v) is 6.85. The van der Waals surface area contributed by atoms with E-state index < -0.39 is 0 Å². The average Bonchev–Trinajstić information content (AvgIpc) is 2.95. The van der Waals surface area contributed by atoms with E-state index in [2.05, 4.69) is 27.3 Å². The first-order valence-electron chi connectivity index (χ1n) is 5.97. The van der Waals surface area contributed by atoms with Crippen molar-refractivity contribution in [3.05, 3.63) is 23.3 Å². The maximum Gasteiger partial charge on any atom is 0.223 e. The standard InChI is InChI=1S/C12H14N6S/c1-3-8-9(6-18(2)17-8)14-10-7-4-5-19-11(7)16-12(13)15-10/h4-6H,3H2,1-2H3,(H3,13,14,15,16). The van der Waals surface area contributed by atoms with Gasteiger partial charge in [-0.15, -0.1) is 11.3 Å². The van der Waals surface area contributed by atoms with Crippen molar-refractivity contribution in [2.45, 2.75) is 13.3 Å². The summed E-state index contributed by atoms with van der Waals surface area (Å²) < 4.78 is 1.79. The highest BCUT2D eigenvalue weighted by atomic mass is 32.1. The topological polar surface area (TPSA) is 81.7 Å². The monoisotopic (exact) mass is 274 g/mol. The van der Waals surface area contributed by atoms with Gasteiger partial charge in [0.05, 0.1) is 16.8 Å². The van der Waals surface area contributed by atoms with Crippen LogP contribution in [0.1, 0.15) is 12.6 Å². The summed E-state index contributed by atoms with van der Waals surface area (Å²) in [5.74, 6) is 1.01. The third-order valence-electron chi connectivity index (χ3n) is 2.84. The van der Waals surface area contributed by atoms with E-state index in [1.807, 2.05) is 24.7 Å². The van der Waals surface area contributed by atoms with Crippen molar-refractivity contribution in [2.24, 2.45) is 7.05 Å². The fourth-order valence-electron chi connectivity index (χ4n) is 1.99. The average molecular weight is 274 g/mol. The smallest absolute Gasteiger partial charge is 0.223 e. The normalized spacial score (nSPS) is 11.1. The molecule has 0 aliphatic heterocycles. The maximum absolute atomic E-state index is 5.74. The highest BCUT2D eigenvalue weighted by Crippen LogP contribution is 2.29. The summed E-state index contributed by atoms with van der Waals surface area (Å²) >= 11 is 1.55. The molecule has 0 saturated heterocycles. The van der Waals surface area contributed by atoms with Crippen molar-refractivity contribution in [2.75, 3.05) is 11.1 Å². The minimum atomic E-state index is 0.277. The molecule has 0 saturated carbocycles. The lowest BCUT2D eigenvalue weighted by Crippen LogP contribution is -2.01. The van der Waals surface area contributed by atoms with Gasteiger partial charge in [0.25, 0.3) is 0 Å². The first-order chi connectivity index (χ1) is 9.17. The third kappa shape index (κ3) is 2.12. The van der Waals surface area contributed by atoms with Crippen LogP contribution in [-0.2, 0) is 13.5 Å². The zero-order valence-corrected chi connectivity index (χ0v) is 11.5. The van der Waals surface area contributed by atoms with Crippen molar-refractivity contribution in [1.82, 2.24) is 19.7 Å². The van der Waals surface area contributed by atoms with E-state index in [9.17, 15) is 0 Å². The number of nitrogens with two attached hydrogens (primary N) is 1. The lowest BCUT2D eigenvalue weighted by Gasteiger charge is -2.06. The summed E-state index contributed by atoms with van der Waals surface area (Å²) in [6.45, 7) is 2.07. The molecule has 0 aromatic carbocycles. The van der Waals surface area contributed by atoms with Crippen LogP contribution in [0.2, 0.25) is 0 Å². The molecule has 0 bridgehead atoms. The van der Waals surface area contributed by atoms with Crippen molar-refractivity contribution in [3.8, 4) is 0 Å². The van der Waals surface area contributed by atoms with Gasteiger partial charge in [0.15, 0.2) is 0 Å². The Morgan fingerprint density at radius 1 is 1.42 bits per heavy atom. The Kier molecular flexibility index (Phi) is 2.83. The molecule has 19 heavy (non-hydrogen) atoms. The summed E-state index contributed by atoms with van der Waals surface area (Å²) in [5.41, 5.74) is 7.69. The minimum absolute atomic E-state index is 0.277. The van der Waals surface area contributed by atoms with Crippen molar-refractivity contribution in [3.63, 3.8) is 0 Å². The summed E-state index contributed by atoms with van der Waals surface area (Å²) in [6.07, 6.45) is 2.80. The number of aromatic nitrogens is 4. The summed E-state index contributed by atoms with van der Waals surface area (Å²) in [7, 11) is 1.90. The van der Waals surface area contributed by atoms with Gasteiger partial charge >= 0.3 is 0 Å². The molecule has 3 heterocycles. The van der Waals surface area contributed by atoms with Gasteiger partial charge in [-0.1, -0.05) is 6.92 Å². The molecule has 0 spiro atoms. The molecule has 3 N–H and O–H groups in total. The number of fused-ring (bicyclic) bond motifs is 1. The van der Waals surface area contributed by atoms with Gasteiger partial charge < -0.3 is 11.1 Å². The van der Waals surface area contributed by atoms with E-state index in [4.69, 9.17) is 5.73 Å². The predicted molar refractivity (Wildman–Crippen MR) is 77.7 cm³/mol. The van der Waals surface area contributed by atoms with Gasteiger partial charge in [0, 0.05) is 13.2 Å². The van der Waals surface area contributed by atoms with E-state index in [1.165, 1.54) is 0 Å². The number of hydrogen-bond donors (Lipinski definition) is 2. The van der Waals surface area contributed by atoms with Gasteiger partial charge in [-0.05, 0) is 17.9 Å². The fourth-order valence-corrected chi connectivity index (χ4v) is 2.77. The zero-order chi connectivity index (χ0) is 13.4. The van der Waals surface area contributed by atoms with Crippen LogP contribution in [0.5, 0.6) is 0 Å². The van der Waals surface area contributed by atoms with Crippen LogP contribution in [0, 0.1) is 0 Å². The Morgan fingerprint density at radius 3 is 3.05 bits per heavy atom. The molecular formula is C12H14N6S. The van der Waals surface area contributed by atoms with E-state index >= 15 is 0 Å². The summed E-state index contributed by atoms with van der Waals surface area (Å²) in [6, 6.07) is 1.99. The maximum atomic E-state index is 5.74. The number of nitrogens with zero attached hydrogens (tertiary/aromatic N) is 4. The molecule has 3 rings (SSSR count). The number of hydrogen-bond acceptors (Lipinski definition) is 6. The Bertz CT molecular complexity index is 729. The fraction of sp³-hybridized carbons (Fsp3) is 0.250. The molecule has 3 aromatic heterocycles. The number of anilines is 3.